The molecule has 0 aliphatic rings. The lowest BCUT2D eigenvalue weighted by atomic mass is 10.3. The minimum Gasteiger partial charge on any atom is -0.326 e. The first-order chi connectivity index (χ1) is 14.3. The molecule has 0 atom stereocenters. The number of thioether (sulfide) groups is 1. The van der Waals surface area contributed by atoms with Crippen LogP contribution in [0.5, 0.6) is 0 Å². The number of amides is 2. The quantitative estimate of drug-likeness (QED) is 0.475. The van der Waals surface area contributed by atoms with Crippen molar-refractivity contribution in [2.45, 2.75) is 11.6 Å². The molecule has 0 saturated carbocycles. The number of carbonyl (C=O) groups excluding carboxylic acids is 2. The average Bonchev–Trinajstić information content (AvgIpc) is 3.04. The third-order valence-electron chi connectivity index (χ3n) is 3.91. The fraction of sp³-hybridized carbons (Fsp3) is 0.158. The Morgan fingerprint density at radius 3 is 2.37 bits per heavy atom. The number of hydrogen-bond acceptors (Lipinski definition) is 5. The zero-order valence-corrected chi connectivity index (χ0v) is 18.7. The number of aromatic nitrogens is 3. The Morgan fingerprint density at radius 1 is 0.967 bits per heavy atom. The lowest BCUT2D eigenvalue weighted by molar-refractivity contribution is -0.116. The highest BCUT2D eigenvalue weighted by atomic mass is 35.5. The Kier molecular flexibility index (Phi) is 7.60. The summed E-state index contributed by atoms with van der Waals surface area (Å²) < 4.78 is 1.68. The van der Waals surface area contributed by atoms with E-state index in [-0.39, 0.29) is 24.0 Å². The minimum atomic E-state index is -0.255. The van der Waals surface area contributed by atoms with Crippen LogP contribution < -0.4 is 10.6 Å². The maximum atomic E-state index is 12.2. The molecule has 0 spiro atoms. The lowest BCUT2D eigenvalue weighted by Gasteiger charge is -2.08. The zero-order chi connectivity index (χ0) is 21.7. The second-order valence-electron chi connectivity index (χ2n) is 6.15. The molecule has 2 aromatic carbocycles. The number of anilines is 2. The van der Waals surface area contributed by atoms with E-state index in [9.17, 15) is 9.59 Å². The molecule has 7 nitrogen and oxygen atoms in total. The third-order valence-corrected chi connectivity index (χ3v) is 5.73. The van der Waals surface area contributed by atoms with Gasteiger partial charge in [0, 0.05) is 22.8 Å². The molecule has 0 fully saturated rings. The summed E-state index contributed by atoms with van der Waals surface area (Å²) in [5, 5.41) is 15.5. The highest BCUT2D eigenvalue weighted by molar-refractivity contribution is 7.99. The van der Waals surface area contributed by atoms with Crippen molar-refractivity contribution in [2.75, 3.05) is 16.4 Å². The zero-order valence-electron chi connectivity index (χ0n) is 15.7. The van der Waals surface area contributed by atoms with Gasteiger partial charge in [0.15, 0.2) is 5.16 Å². The van der Waals surface area contributed by atoms with Crippen LogP contribution in [0.4, 0.5) is 11.4 Å². The monoisotopic (exact) mass is 483 g/mol. The number of nitrogens with zero attached hydrogens (tertiary/aromatic N) is 3. The second-order valence-corrected chi connectivity index (χ2v) is 8.37. The van der Waals surface area contributed by atoms with Crippen LogP contribution in [0.3, 0.4) is 0 Å². The van der Waals surface area contributed by atoms with Crippen molar-refractivity contribution in [2.24, 2.45) is 7.05 Å². The third kappa shape index (κ3) is 6.12. The number of hydrogen-bond donors (Lipinski definition) is 2. The number of benzene rings is 2. The van der Waals surface area contributed by atoms with Crippen molar-refractivity contribution in [1.29, 1.82) is 0 Å². The molecule has 3 aromatic rings. The fourth-order valence-corrected chi connectivity index (χ4v) is 3.73. The predicted molar refractivity (Wildman–Crippen MR) is 121 cm³/mol. The molecule has 0 aliphatic heterocycles. The van der Waals surface area contributed by atoms with E-state index in [4.69, 9.17) is 34.8 Å². The molecule has 0 bridgehead atoms. The van der Waals surface area contributed by atoms with Gasteiger partial charge in [-0.15, -0.1) is 10.2 Å². The Balaban J connectivity index is 1.53. The van der Waals surface area contributed by atoms with Gasteiger partial charge in [-0.25, -0.2) is 0 Å². The van der Waals surface area contributed by atoms with Gasteiger partial charge in [-0.2, -0.15) is 0 Å². The summed E-state index contributed by atoms with van der Waals surface area (Å²) >= 11 is 18.9. The molecular formula is C19H16Cl3N5O2S. The van der Waals surface area contributed by atoms with Gasteiger partial charge in [0.25, 0.3) is 0 Å². The summed E-state index contributed by atoms with van der Waals surface area (Å²) in [6, 6.07) is 11.6. The molecule has 30 heavy (non-hydrogen) atoms. The summed E-state index contributed by atoms with van der Waals surface area (Å²) in [6.45, 7) is 0. The van der Waals surface area contributed by atoms with E-state index in [0.29, 0.717) is 37.4 Å². The maximum Gasteiger partial charge on any atom is 0.234 e. The molecule has 2 amide bonds. The van der Waals surface area contributed by atoms with Crippen LogP contribution in [-0.2, 0) is 23.1 Å². The molecule has 0 radical (unpaired) electrons. The summed E-state index contributed by atoms with van der Waals surface area (Å²) in [5.41, 5.74) is 1.11. The number of halogens is 3. The van der Waals surface area contributed by atoms with E-state index in [2.05, 4.69) is 20.8 Å². The highest BCUT2D eigenvalue weighted by Gasteiger charge is 2.15. The van der Waals surface area contributed by atoms with Crippen LogP contribution >= 0.6 is 46.6 Å². The van der Waals surface area contributed by atoms with Crippen LogP contribution in [0.15, 0.2) is 47.6 Å². The normalized spacial score (nSPS) is 10.7. The molecular weight excluding hydrogens is 469 g/mol. The van der Waals surface area contributed by atoms with Crippen molar-refractivity contribution in [3.63, 3.8) is 0 Å². The molecule has 1 aromatic heterocycles. The Labute approximate surface area is 192 Å². The first kappa shape index (κ1) is 22.4. The maximum absolute atomic E-state index is 12.2. The highest BCUT2D eigenvalue weighted by Crippen LogP contribution is 2.26. The van der Waals surface area contributed by atoms with Crippen LogP contribution in [0.2, 0.25) is 15.1 Å². The smallest absolute Gasteiger partial charge is 0.234 e. The Bertz CT molecular complexity index is 1070. The van der Waals surface area contributed by atoms with Crippen LogP contribution in [0, 0.1) is 0 Å². The molecule has 0 aliphatic carbocycles. The minimum absolute atomic E-state index is 0.0409. The number of carbonyl (C=O) groups is 2. The van der Waals surface area contributed by atoms with E-state index >= 15 is 0 Å². The number of nitrogens with one attached hydrogen (secondary N) is 2. The summed E-state index contributed by atoms with van der Waals surface area (Å²) in [4.78, 5) is 24.4. The summed E-state index contributed by atoms with van der Waals surface area (Å²) in [7, 11) is 1.74. The van der Waals surface area contributed by atoms with Gasteiger partial charge in [0.1, 0.15) is 5.82 Å². The molecule has 3 rings (SSSR count). The SMILES string of the molecule is Cn1c(CC(=O)Nc2ccc(Cl)cc2)nnc1SCC(=O)Nc1ccc(Cl)cc1Cl. The standard InChI is InChI=1S/C19H16Cl3N5O2S/c1-27-16(9-17(28)23-13-5-2-11(20)3-6-13)25-26-19(27)30-10-18(29)24-15-7-4-12(21)8-14(15)22/h2-8H,9-10H2,1H3,(H,23,28)(H,24,29). The molecule has 0 saturated heterocycles. The Hall–Kier alpha value is -2.26. The summed E-state index contributed by atoms with van der Waals surface area (Å²) in [6.07, 6.45) is 0.0409. The molecule has 156 valence electrons. The molecule has 1 heterocycles. The van der Waals surface area contributed by atoms with Crippen molar-refractivity contribution < 1.29 is 9.59 Å². The van der Waals surface area contributed by atoms with Crippen molar-refractivity contribution in [1.82, 2.24) is 14.8 Å². The average molecular weight is 485 g/mol. The van der Waals surface area contributed by atoms with Crippen LogP contribution in [0.1, 0.15) is 5.82 Å². The Morgan fingerprint density at radius 2 is 1.67 bits per heavy atom. The van der Waals surface area contributed by atoms with Gasteiger partial charge in [0.2, 0.25) is 11.8 Å². The van der Waals surface area contributed by atoms with Gasteiger partial charge in [-0.1, -0.05) is 46.6 Å². The molecule has 0 unspecified atom stereocenters. The predicted octanol–water partition coefficient (Wildman–Crippen LogP) is 4.69. The van der Waals surface area contributed by atoms with E-state index in [1.165, 1.54) is 11.8 Å². The lowest BCUT2D eigenvalue weighted by Crippen LogP contribution is -2.17. The van der Waals surface area contributed by atoms with E-state index in [1.54, 1.807) is 54.1 Å². The van der Waals surface area contributed by atoms with Gasteiger partial charge < -0.3 is 15.2 Å². The van der Waals surface area contributed by atoms with E-state index < -0.39 is 0 Å². The first-order valence-electron chi connectivity index (χ1n) is 8.63. The van der Waals surface area contributed by atoms with Gasteiger partial charge in [-0.05, 0) is 42.5 Å². The topological polar surface area (TPSA) is 88.9 Å². The number of rotatable bonds is 7. The molecule has 11 heteroatoms. The van der Waals surface area contributed by atoms with Crippen LogP contribution in [0.25, 0.3) is 0 Å². The van der Waals surface area contributed by atoms with E-state index in [0.717, 1.165) is 0 Å². The second kappa shape index (κ2) is 10.2. The van der Waals surface area contributed by atoms with Crippen molar-refractivity contribution >= 4 is 69.8 Å². The fourth-order valence-electron chi connectivity index (χ4n) is 2.41. The molecule has 2 N–H and O–H groups in total. The van der Waals surface area contributed by atoms with Gasteiger partial charge in [-0.3, -0.25) is 9.59 Å². The van der Waals surface area contributed by atoms with Gasteiger partial charge >= 0.3 is 0 Å². The van der Waals surface area contributed by atoms with E-state index in [1.807, 2.05) is 0 Å². The first-order valence-corrected chi connectivity index (χ1v) is 10.7. The summed E-state index contributed by atoms with van der Waals surface area (Å²) in [5.74, 6) is 0.0842. The van der Waals surface area contributed by atoms with Crippen molar-refractivity contribution in [3.05, 3.63) is 63.4 Å². The largest absolute Gasteiger partial charge is 0.326 e. The van der Waals surface area contributed by atoms with Gasteiger partial charge in [0.05, 0.1) is 22.9 Å². The van der Waals surface area contributed by atoms with Crippen LogP contribution in [-0.4, -0.2) is 32.3 Å². The van der Waals surface area contributed by atoms with Crippen molar-refractivity contribution in [3.8, 4) is 0 Å².